The van der Waals surface area contributed by atoms with E-state index >= 15 is 0 Å². The molecule has 2 aliphatic rings. The first-order valence-corrected chi connectivity index (χ1v) is 9.08. The smallest absolute Gasteiger partial charge is 0.276 e. The average Bonchev–Trinajstić information content (AvgIpc) is 3.30. The van der Waals surface area contributed by atoms with Crippen LogP contribution in [0.5, 0.6) is 0 Å². The Hall–Kier alpha value is -2.48. The lowest BCUT2D eigenvalue weighted by Gasteiger charge is -2.18. The monoisotopic (exact) mass is 357 g/mol. The van der Waals surface area contributed by atoms with E-state index in [-0.39, 0.29) is 5.91 Å². The third-order valence-corrected chi connectivity index (χ3v) is 4.98. The summed E-state index contributed by atoms with van der Waals surface area (Å²) < 4.78 is 10.2. The summed E-state index contributed by atoms with van der Waals surface area (Å²) in [6.45, 7) is 5.64. The summed E-state index contributed by atoms with van der Waals surface area (Å²) in [7, 11) is 0. The van der Waals surface area contributed by atoms with Crippen molar-refractivity contribution in [1.82, 2.24) is 20.0 Å². The molecule has 1 saturated heterocycles. The van der Waals surface area contributed by atoms with Crippen molar-refractivity contribution >= 4 is 11.7 Å². The van der Waals surface area contributed by atoms with E-state index in [4.69, 9.17) is 9.26 Å². The van der Waals surface area contributed by atoms with Crippen LogP contribution in [0.25, 0.3) is 0 Å². The zero-order chi connectivity index (χ0) is 17.9. The van der Waals surface area contributed by atoms with Crippen molar-refractivity contribution in [3.8, 4) is 0 Å². The largest absolute Gasteiger partial charge is 0.381 e. The van der Waals surface area contributed by atoms with E-state index in [1.807, 2.05) is 11.8 Å². The van der Waals surface area contributed by atoms with Crippen molar-refractivity contribution in [2.24, 2.45) is 5.92 Å². The second kappa shape index (κ2) is 7.41. The molecule has 1 atom stereocenters. The molecule has 26 heavy (non-hydrogen) atoms. The molecule has 1 fully saturated rings. The number of anilines is 1. The van der Waals surface area contributed by atoms with E-state index in [0.29, 0.717) is 31.1 Å². The topological polar surface area (TPSA) is 93.4 Å². The van der Waals surface area contributed by atoms with E-state index in [0.717, 1.165) is 55.5 Å². The standard InChI is InChI=1S/C18H23N5O3/c1-12-20-15-3-7-23(18(24)16-5-9-26-22-16)6-2-14(15)17(21-12)19-10-13-4-8-25-11-13/h5,9,13H,2-4,6-8,10-11H2,1H3,(H,19,20,21)/t13-/m1/s1. The highest BCUT2D eigenvalue weighted by molar-refractivity contribution is 5.92. The Balaban J connectivity index is 1.49. The van der Waals surface area contributed by atoms with Gasteiger partial charge in [-0.15, -0.1) is 0 Å². The van der Waals surface area contributed by atoms with Gasteiger partial charge in [-0.3, -0.25) is 4.79 Å². The molecule has 0 bridgehead atoms. The van der Waals surface area contributed by atoms with Crippen molar-refractivity contribution in [3.05, 3.63) is 35.1 Å². The average molecular weight is 357 g/mol. The number of carbonyl (C=O) groups excluding carboxylic acids is 1. The van der Waals surface area contributed by atoms with Gasteiger partial charge >= 0.3 is 0 Å². The van der Waals surface area contributed by atoms with Gasteiger partial charge in [0.25, 0.3) is 5.91 Å². The van der Waals surface area contributed by atoms with Crippen LogP contribution < -0.4 is 5.32 Å². The predicted molar refractivity (Wildman–Crippen MR) is 94.0 cm³/mol. The number of hydrogen-bond acceptors (Lipinski definition) is 7. The first-order valence-electron chi connectivity index (χ1n) is 9.08. The van der Waals surface area contributed by atoms with Gasteiger partial charge in [-0.05, 0) is 19.8 Å². The second-order valence-corrected chi connectivity index (χ2v) is 6.83. The highest BCUT2D eigenvalue weighted by atomic mass is 16.5. The lowest BCUT2D eigenvalue weighted by Crippen LogP contribution is -2.33. The number of amides is 1. The van der Waals surface area contributed by atoms with Gasteiger partial charge in [0.1, 0.15) is 17.9 Å². The molecule has 2 aromatic rings. The first-order chi connectivity index (χ1) is 12.7. The minimum atomic E-state index is -0.103. The maximum Gasteiger partial charge on any atom is 0.276 e. The maximum absolute atomic E-state index is 12.6. The van der Waals surface area contributed by atoms with Crippen molar-refractivity contribution in [3.63, 3.8) is 0 Å². The maximum atomic E-state index is 12.6. The molecular weight excluding hydrogens is 334 g/mol. The summed E-state index contributed by atoms with van der Waals surface area (Å²) >= 11 is 0. The van der Waals surface area contributed by atoms with E-state index in [9.17, 15) is 4.79 Å². The number of nitrogens with zero attached hydrogens (tertiary/aromatic N) is 4. The Morgan fingerprint density at radius 3 is 3.00 bits per heavy atom. The van der Waals surface area contributed by atoms with Crippen LogP contribution in [0.4, 0.5) is 5.82 Å². The fraction of sp³-hybridized carbons (Fsp3) is 0.556. The molecule has 0 aromatic carbocycles. The fourth-order valence-electron chi connectivity index (χ4n) is 3.54. The molecule has 0 aliphatic carbocycles. The first kappa shape index (κ1) is 17.0. The molecule has 4 rings (SSSR count). The Labute approximate surface area is 151 Å². The number of ether oxygens (including phenoxy) is 1. The number of aromatic nitrogens is 3. The van der Waals surface area contributed by atoms with Crippen LogP contribution in [0.3, 0.4) is 0 Å². The quantitative estimate of drug-likeness (QED) is 0.885. The number of fused-ring (bicyclic) bond motifs is 1. The molecule has 0 radical (unpaired) electrons. The second-order valence-electron chi connectivity index (χ2n) is 6.83. The molecule has 8 nitrogen and oxygen atoms in total. The summed E-state index contributed by atoms with van der Waals surface area (Å²) in [6.07, 6.45) is 3.94. The summed E-state index contributed by atoms with van der Waals surface area (Å²) in [5.74, 6) is 2.08. The van der Waals surface area contributed by atoms with Gasteiger partial charge in [0.15, 0.2) is 5.69 Å². The summed E-state index contributed by atoms with van der Waals surface area (Å²) in [6, 6.07) is 1.60. The minimum absolute atomic E-state index is 0.103. The van der Waals surface area contributed by atoms with Crippen LogP contribution in [0.15, 0.2) is 16.9 Å². The van der Waals surface area contributed by atoms with Crippen LogP contribution in [-0.4, -0.2) is 58.8 Å². The fourth-order valence-corrected chi connectivity index (χ4v) is 3.54. The van der Waals surface area contributed by atoms with E-state index in [2.05, 4.69) is 20.4 Å². The Morgan fingerprint density at radius 2 is 2.23 bits per heavy atom. The van der Waals surface area contributed by atoms with Crippen LogP contribution in [0.1, 0.15) is 34.0 Å². The van der Waals surface area contributed by atoms with Gasteiger partial charge in [0.05, 0.1) is 12.3 Å². The van der Waals surface area contributed by atoms with E-state index in [1.54, 1.807) is 6.07 Å². The SMILES string of the molecule is Cc1nc2c(c(NC[C@H]3CCOC3)n1)CCN(C(=O)c1ccon1)CC2. The van der Waals surface area contributed by atoms with Crippen molar-refractivity contribution in [1.29, 1.82) is 0 Å². The van der Waals surface area contributed by atoms with E-state index < -0.39 is 0 Å². The zero-order valence-electron chi connectivity index (χ0n) is 14.9. The molecule has 0 unspecified atom stereocenters. The van der Waals surface area contributed by atoms with Gasteiger partial charge in [-0.2, -0.15) is 0 Å². The molecule has 0 spiro atoms. The van der Waals surface area contributed by atoms with Crippen molar-refractivity contribution < 1.29 is 14.1 Å². The molecule has 1 amide bonds. The third kappa shape index (κ3) is 3.55. The minimum Gasteiger partial charge on any atom is -0.381 e. The Kier molecular flexibility index (Phi) is 4.83. The molecule has 8 heteroatoms. The number of hydrogen-bond donors (Lipinski definition) is 1. The Morgan fingerprint density at radius 1 is 1.35 bits per heavy atom. The molecular formula is C18H23N5O3. The number of aryl methyl sites for hydroxylation is 1. The molecule has 0 saturated carbocycles. The van der Waals surface area contributed by atoms with Crippen LogP contribution in [-0.2, 0) is 17.6 Å². The van der Waals surface area contributed by atoms with Gasteiger partial charge in [-0.1, -0.05) is 5.16 Å². The summed E-state index contributed by atoms with van der Waals surface area (Å²) in [5, 5.41) is 7.25. The third-order valence-electron chi connectivity index (χ3n) is 4.98. The van der Waals surface area contributed by atoms with Crippen LogP contribution in [0.2, 0.25) is 0 Å². The molecule has 1 N–H and O–H groups in total. The van der Waals surface area contributed by atoms with Crippen molar-refractivity contribution in [2.45, 2.75) is 26.2 Å². The van der Waals surface area contributed by atoms with Gasteiger partial charge < -0.3 is 19.5 Å². The van der Waals surface area contributed by atoms with Gasteiger partial charge in [-0.25, -0.2) is 9.97 Å². The lowest BCUT2D eigenvalue weighted by atomic mass is 10.1. The summed E-state index contributed by atoms with van der Waals surface area (Å²) in [5.41, 5.74) is 2.49. The Bertz CT molecular complexity index is 771. The zero-order valence-corrected chi connectivity index (χ0v) is 14.9. The van der Waals surface area contributed by atoms with E-state index in [1.165, 1.54) is 6.26 Å². The number of nitrogens with one attached hydrogen (secondary N) is 1. The molecule has 138 valence electrons. The highest BCUT2D eigenvalue weighted by Gasteiger charge is 2.25. The lowest BCUT2D eigenvalue weighted by molar-refractivity contribution is 0.0752. The molecule has 2 aromatic heterocycles. The predicted octanol–water partition coefficient (Wildman–Crippen LogP) is 1.46. The summed E-state index contributed by atoms with van der Waals surface area (Å²) in [4.78, 5) is 23.6. The van der Waals surface area contributed by atoms with Crippen LogP contribution >= 0.6 is 0 Å². The normalized spacial score (nSPS) is 19.9. The van der Waals surface area contributed by atoms with Crippen molar-refractivity contribution in [2.75, 3.05) is 38.2 Å². The highest BCUT2D eigenvalue weighted by Crippen LogP contribution is 2.23. The number of rotatable bonds is 4. The van der Waals surface area contributed by atoms with Gasteiger partial charge in [0.2, 0.25) is 0 Å². The molecule has 4 heterocycles. The van der Waals surface area contributed by atoms with Gasteiger partial charge in [0, 0.05) is 50.2 Å². The van der Waals surface area contributed by atoms with Crippen LogP contribution in [0, 0.1) is 12.8 Å². The number of carbonyl (C=O) groups is 1. The molecule has 2 aliphatic heterocycles.